The molecule has 1 aromatic carbocycles. The minimum absolute atomic E-state index is 0.00164. The summed E-state index contributed by atoms with van der Waals surface area (Å²) in [4.78, 5) is 22.7. The number of hydrogen-bond donors (Lipinski definition) is 2. The first-order valence-electron chi connectivity index (χ1n) is 6.77. The highest BCUT2D eigenvalue weighted by molar-refractivity contribution is 6.33. The third kappa shape index (κ3) is 2.87. The quantitative estimate of drug-likeness (QED) is 0.662. The lowest BCUT2D eigenvalue weighted by Gasteiger charge is -2.27. The minimum atomic E-state index is -0.610. The molecule has 2 atom stereocenters. The van der Waals surface area contributed by atoms with Crippen LogP contribution in [0, 0.1) is 22.5 Å². The van der Waals surface area contributed by atoms with Crippen LogP contribution in [0.15, 0.2) is 12.1 Å². The van der Waals surface area contributed by atoms with Crippen molar-refractivity contribution in [1.82, 2.24) is 0 Å². The van der Waals surface area contributed by atoms with Crippen molar-refractivity contribution < 1.29 is 9.72 Å². The summed E-state index contributed by atoms with van der Waals surface area (Å²) in [5, 5.41) is 13.6. The van der Waals surface area contributed by atoms with Crippen molar-refractivity contribution in [3.05, 3.63) is 32.8 Å². The number of nitro groups is 1. The average Bonchev–Trinajstić information content (AvgIpc) is 2.74. The highest BCUT2D eigenvalue weighted by Gasteiger charge is 2.43. The lowest BCUT2D eigenvalue weighted by molar-refractivity contribution is -0.384. The highest BCUT2D eigenvalue weighted by Crippen LogP contribution is 2.38. The molecule has 1 aliphatic rings. The second kappa shape index (κ2) is 5.61. The van der Waals surface area contributed by atoms with Gasteiger partial charge in [-0.25, -0.2) is 0 Å². The largest absolute Gasteiger partial charge is 0.327 e. The summed E-state index contributed by atoms with van der Waals surface area (Å²) in [7, 11) is 0. The molecule has 1 saturated carbocycles. The maximum absolute atomic E-state index is 12.5. The van der Waals surface area contributed by atoms with Crippen LogP contribution < -0.4 is 11.1 Å². The van der Waals surface area contributed by atoms with E-state index in [0.717, 1.165) is 19.3 Å². The van der Waals surface area contributed by atoms with Crippen LogP contribution in [-0.4, -0.2) is 16.9 Å². The molecule has 0 aromatic heterocycles. The molecule has 3 N–H and O–H groups in total. The fraction of sp³-hybridized carbons (Fsp3) is 0.500. The lowest BCUT2D eigenvalue weighted by atomic mass is 9.84. The molecule has 1 fully saturated rings. The van der Waals surface area contributed by atoms with Gasteiger partial charge in [-0.15, -0.1) is 0 Å². The van der Waals surface area contributed by atoms with Gasteiger partial charge in [0.2, 0.25) is 5.91 Å². The molecule has 0 aliphatic heterocycles. The van der Waals surface area contributed by atoms with Crippen LogP contribution in [0.5, 0.6) is 0 Å². The first-order chi connectivity index (χ1) is 9.75. The van der Waals surface area contributed by atoms with Gasteiger partial charge in [0.15, 0.2) is 0 Å². The Balaban J connectivity index is 2.26. The second-order valence-electron chi connectivity index (χ2n) is 5.75. The van der Waals surface area contributed by atoms with Gasteiger partial charge in [-0.2, -0.15) is 0 Å². The van der Waals surface area contributed by atoms with E-state index in [2.05, 4.69) is 5.32 Å². The van der Waals surface area contributed by atoms with Gasteiger partial charge in [0.1, 0.15) is 5.02 Å². The van der Waals surface area contributed by atoms with E-state index in [0.29, 0.717) is 11.3 Å². The molecular formula is C14H18ClN3O3. The van der Waals surface area contributed by atoms with Gasteiger partial charge in [0, 0.05) is 17.8 Å². The Hall–Kier alpha value is -1.66. The van der Waals surface area contributed by atoms with Gasteiger partial charge in [-0.05, 0) is 38.3 Å². The van der Waals surface area contributed by atoms with Crippen LogP contribution in [0.2, 0.25) is 5.02 Å². The van der Waals surface area contributed by atoms with Crippen molar-refractivity contribution in [3.8, 4) is 0 Å². The van der Waals surface area contributed by atoms with Crippen molar-refractivity contribution in [3.63, 3.8) is 0 Å². The zero-order chi connectivity index (χ0) is 15.8. The van der Waals surface area contributed by atoms with Gasteiger partial charge < -0.3 is 11.1 Å². The predicted octanol–water partition coefficient (Wildman–Crippen LogP) is 3.01. The number of hydrogen-bond acceptors (Lipinski definition) is 4. The Morgan fingerprint density at radius 1 is 1.57 bits per heavy atom. The standard InChI is InChI=1S/C14H18ClN3O3/c1-8-6-11(18(20)21)9(15)7-10(8)17-13(19)14(2)5-3-4-12(14)16/h6-7,12H,3-5,16H2,1-2H3,(H,17,19). The van der Waals surface area contributed by atoms with Crippen LogP contribution in [0.3, 0.4) is 0 Å². The molecule has 0 heterocycles. The van der Waals surface area contributed by atoms with Crippen LogP contribution >= 0.6 is 11.6 Å². The third-order valence-corrected chi connectivity index (χ3v) is 4.59. The Morgan fingerprint density at radius 3 is 2.76 bits per heavy atom. The first-order valence-corrected chi connectivity index (χ1v) is 7.15. The molecule has 1 aliphatic carbocycles. The molecule has 6 nitrogen and oxygen atoms in total. The van der Waals surface area contributed by atoms with E-state index >= 15 is 0 Å². The summed E-state index contributed by atoms with van der Waals surface area (Å²) >= 11 is 5.89. The van der Waals surface area contributed by atoms with Gasteiger partial charge in [-0.1, -0.05) is 18.0 Å². The summed E-state index contributed by atoms with van der Waals surface area (Å²) in [5.74, 6) is -0.166. The number of halogens is 1. The third-order valence-electron chi connectivity index (χ3n) is 4.29. The number of nitrogens with one attached hydrogen (secondary N) is 1. The molecule has 2 unspecified atom stereocenters. The number of nitrogens with two attached hydrogens (primary N) is 1. The molecule has 0 saturated heterocycles. The fourth-order valence-electron chi connectivity index (χ4n) is 2.68. The van der Waals surface area contributed by atoms with E-state index in [-0.39, 0.29) is 22.7 Å². The van der Waals surface area contributed by atoms with E-state index < -0.39 is 10.3 Å². The van der Waals surface area contributed by atoms with E-state index in [4.69, 9.17) is 17.3 Å². The second-order valence-corrected chi connectivity index (χ2v) is 6.15. The van der Waals surface area contributed by atoms with Crippen molar-refractivity contribution in [2.75, 3.05) is 5.32 Å². The van der Waals surface area contributed by atoms with E-state index in [1.54, 1.807) is 6.92 Å². The summed E-state index contributed by atoms with van der Waals surface area (Å²) < 4.78 is 0. The molecule has 0 bridgehead atoms. The smallest absolute Gasteiger partial charge is 0.288 e. The van der Waals surface area contributed by atoms with Gasteiger partial charge >= 0.3 is 0 Å². The lowest BCUT2D eigenvalue weighted by Crippen LogP contribution is -2.44. The highest BCUT2D eigenvalue weighted by atomic mass is 35.5. The topological polar surface area (TPSA) is 98.3 Å². The number of carbonyl (C=O) groups is 1. The summed E-state index contributed by atoms with van der Waals surface area (Å²) in [6.07, 6.45) is 2.48. The number of nitrogens with zero attached hydrogens (tertiary/aromatic N) is 1. The van der Waals surface area contributed by atoms with Gasteiger partial charge in [0.25, 0.3) is 5.69 Å². The first kappa shape index (κ1) is 15.7. The molecule has 2 rings (SSSR count). The monoisotopic (exact) mass is 311 g/mol. The van der Waals surface area contributed by atoms with Crippen LogP contribution in [0.4, 0.5) is 11.4 Å². The Bertz CT molecular complexity index is 605. The van der Waals surface area contributed by atoms with Crippen molar-refractivity contribution in [2.24, 2.45) is 11.1 Å². The van der Waals surface area contributed by atoms with Crippen molar-refractivity contribution >= 4 is 28.9 Å². The average molecular weight is 312 g/mol. The number of benzene rings is 1. The van der Waals surface area contributed by atoms with E-state index in [1.165, 1.54) is 12.1 Å². The summed E-state index contributed by atoms with van der Waals surface area (Å²) in [6, 6.07) is 2.59. The van der Waals surface area contributed by atoms with Crippen molar-refractivity contribution in [2.45, 2.75) is 39.2 Å². The zero-order valence-electron chi connectivity index (χ0n) is 12.0. The SMILES string of the molecule is Cc1cc([N+](=O)[O-])c(Cl)cc1NC(=O)C1(C)CCCC1N. The molecular weight excluding hydrogens is 294 g/mol. The maximum atomic E-state index is 12.5. The number of carbonyl (C=O) groups excluding carboxylic acids is 1. The van der Waals surface area contributed by atoms with Crippen LogP contribution in [0.1, 0.15) is 31.7 Å². The zero-order valence-corrected chi connectivity index (χ0v) is 12.7. The summed E-state index contributed by atoms with van der Waals surface area (Å²) in [6.45, 7) is 3.54. The Kier molecular flexibility index (Phi) is 4.20. The fourth-order valence-corrected chi connectivity index (χ4v) is 2.91. The van der Waals surface area contributed by atoms with Gasteiger partial charge in [-0.3, -0.25) is 14.9 Å². The molecule has 1 aromatic rings. The normalized spacial score (nSPS) is 24.9. The van der Waals surface area contributed by atoms with E-state index in [1.807, 2.05) is 6.92 Å². The van der Waals surface area contributed by atoms with Crippen LogP contribution in [0.25, 0.3) is 0 Å². The summed E-state index contributed by atoms with van der Waals surface area (Å²) in [5.41, 5.74) is 6.32. The number of rotatable bonds is 3. The van der Waals surface area contributed by atoms with Crippen LogP contribution in [-0.2, 0) is 4.79 Å². The number of aryl methyl sites for hydroxylation is 1. The molecule has 0 radical (unpaired) electrons. The Labute approximate surface area is 127 Å². The minimum Gasteiger partial charge on any atom is -0.327 e. The molecule has 21 heavy (non-hydrogen) atoms. The number of amides is 1. The van der Waals surface area contributed by atoms with Crippen molar-refractivity contribution in [1.29, 1.82) is 0 Å². The molecule has 1 amide bonds. The molecule has 7 heteroatoms. The number of anilines is 1. The maximum Gasteiger partial charge on any atom is 0.288 e. The number of nitro benzene ring substituents is 1. The van der Waals surface area contributed by atoms with Gasteiger partial charge in [0.05, 0.1) is 10.3 Å². The predicted molar refractivity (Wildman–Crippen MR) is 81.4 cm³/mol. The van der Waals surface area contributed by atoms with E-state index in [9.17, 15) is 14.9 Å². The Morgan fingerprint density at radius 2 is 2.24 bits per heavy atom. The molecule has 114 valence electrons. The molecule has 0 spiro atoms.